The zero-order valence-electron chi connectivity index (χ0n) is 29.4. The topological polar surface area (TPSA) is 6.48 Å². The van der Waals surface area contributed by atoms with Crippen molar-refractivity contribution in [1.29, 1.82) is 0 Å². The molecule has 0 radical (unpaired) electrons. The Morgan fingerprint density at radius 2 is 0.591 bits per heavy atom. The average Bonchev–Trinajstić information content (AvgIpc) is 3.12. The van der Waals surface area contributed by atoms with Gasteiger partial charge in [0.25, 0.3) is 0 Å². The third-order valence-electron chi connectivity index (χ3n) is 6.05. The second-order valence-corrected chi connectivity index (χ2v) is 8.76. The number of para-hydroxylation sites is 3. The van der Waals surface area contributed by atoms with Gasteiger partial charge in [0.2, 0.25) is 0 Å². The Kier molecular flexibility index (Phi) is 22.8. The molecule has 0 spiro atoms. The number of hydrogen-bond acceptors (Lipinski definition) is 2. The van der Waals surface area contributed by atoms with Crippen molar-refractivity contribution in [3.05, 3.63) is 151 Å². The number of anilines is 5. The highest BCUT2D eigenvalue weighted by Crippen LogP contribution is 2.34. The minimum absolute atomic E-state index is 0.980. The van der Waals surface area contributed by atoms with E-state index < -0.39 is 0 Å². The molecule has 0 saturated carbocycles. The fourth-order valence-electron chi connectivity index (χ4n) is 4.14. The van der Waals surface area contributed by atoms with Crippen LogP contribution in [0.25, 0.3) is 0 Å². The minimum atomic E-state index is 0.980. The van der Waals surface area contributed by atoms with Gasteiger partial charge in [-0.3, -0.25) is 0 Å². The quantitative estimate of drug-likeness (QED) is 0.194. The van der Waals surface area contributed by atoms with Crippen molar-refractivity contribution in [1.82, 2.24) is 0 Å². The van der Waals surface area contributed by atoms with Crippen LogP contribution in [-0.2, 0) is 0 Å². The molecule has 2 heteroatoms. The van der Waals surface area contributed by atoms with Crippen LogP contribution in [0.4, 0.5) is 28.4 Å². The molecule has 0 unspecified atom stereocenters. The van der Waals surface area contributed by atoms with E-state index >= 15 is 0 Å². The molecule has 0 amide bonds. The molecule has 0 fully saturated rings. The summed E-state index contributed by atoms with van der Waals surface area (Å²) in [4.78, 5) is 4.57. The highest BCUT2D eigenvalue weighted by Gasteiger charge is 2.11. The van der Waals surface area contributed by atoms with Crippen LogP contribution in [0.5, 0.6) is 0 Å². The second-order valence-electron chi connectivity index (χ2n) is 8.76. The predicted molar refractivity (Wildman–Crippen MR) is 202 cm³/mol. The fourth-order valence-corrected chi connectivity index (χ4v) is 4.14. The number of hydrogen-bond donors (Lipinski definition) is 0. The van der Waals surface area contributed by atoms with Crippen molar-refractivity contribution in [2.75, 3.05) is 16.3 Å². The third kappa shape index (κ3) is 13.3. The van der Waals surface area contributed by atoms with E-state index in [0.717, 1.165) is 6.54 Å². The molecular formula is C42H58N2. The number of benzene rings is 5. The molecule has 2 nitrogen and oxygen atoms in total. The van der Waals surface area contributed by atoms with Gasteiger partial charge in [-0.25, -0.2) is 0 Å². The summed E-state index contributed by atoms with van der Waals surface area (Å²) in [6, 6.07) is 48.7. The summed E-state index contributed by atoms with van der Waals surface area (Å²) in [5.41, 5.74) is 8.56. The number of aryl methyl sites for hydroxylation is 2. The molecule has 5 aromatic carbocycles. The van der Waals surface area contributed by atoms with Crippen LogP contribution in [-0.4, -0.2) is 6.54 Å². The lowest BCUT2D eigenvalue weighted by atomic mass is 10.1. The minimum Gasteiger partial charge on any atom is -0.342 e. The van der Waals surface area contributed by atoms with Gasteiger partial charge in [-0.05, 0) is 81.4 Å². The van der Waals surface area contributed by atoms with Crippen LogP contribution in [0.1, 0.15) is 73.4 Å². The highest BCUT2D eigenvalue weighted by atomic mass is 15.1. The Bertz CT molecular complexity index is 1210. The molecular weight excluding hydrogens is 532 g/mol. The zero-order valence-corrected chi connectivity index (χ0v) is 29.4. The molecule has 0 heterocycles. The van der Waals surface area contributed by atoms with E-state index in [-0.39, 0.29) is 0 Å². The molecule has 0 aliphatic rings. The van der Waals surface area contributed by atoms with Gasteiger partial charge in [0.05, 0.1) is 0 Å². The van der Waals surface area contributed by atoms with Crippen molar-refractivity contribution in [3.63, 3.8) is 0 Å². The van der Waals surface area contributed by atoms with Gasteiger partial charge in [0, 0.05) is 35.0 Å². The fraction of sp³-hybridized carbons (Fsp3) is 0.286. The number of nitrogens with zero attached hydrogens (tertiary/aromatic N) is 2. The summed E-state index contributed by atoms with van der Waals surface area (Å²) >= 11 is 0. The summed E-state index contributed by atoms with van der Waals surface area (Å²) in [5, 5.41) is 0. The standard InChI is InChI=1S/C20H19N.C14H15N.4C2H6/c1-16-8-12-19(13-9-16)21(18-6-4-3-5-7-18)20-14-10-17(2)11-15-20;1-2-15(13-9-5-3-6-10-13)14-11-7-4-8-12-14;4*1-2/h3-15H,1-2H3;3-12H,2H2,1H3;4*1-2H3. The van der Waals surface area contributed by atoms with E-state index in [4.69, 9.17) is 0 Å². The van der Waals surface area contributed by atoms with E-state index in [1.165, 1.54) is 39.6 Å². The molecule has 0 aliphatic heterocycles. The van der Waals surface area contributed by atoms with Crippen molar-refractivity contribution in [2.24, 2.45) is 0 Å². The smallest absolute Gasteiger partial charge is 0.0461 e. The van der Waals surface area contributed by atoms with Crippen LogP contribution in [0.2, 0.25) is 0 Å². The molecule has 0 N–H and O–H groups in total. The van der Waals surface area contributed by atoms with Crippen molar-refractivity contribution >= 4 is 28.4 Å². The first kappa shape index (κ1) is 39.7. The van der Waals surface area contributed by atoms with Crippen LogP contribution in [0.15, 0.2) is 140 Å². The van der Waals surface area contributed by atoms with Crippen LogP contribution >= 0.6 is 0 Å². The molecule has 0 saturated heterocycles. The summed E-state index contributed by atoms with van der Waals surface area (Å²) < 4.78 is 0. The maximum absolute atomic E-state index is 2.29. The lowest BCUT2D eigenvalue weighted by Gasteiger charge is -2.25. The van der Waals surface area contributed by atoms with Crippen LogP contribution in [0.3, 0.4) is 0 Å². The molecule has 5 aromatic rings. The monoisotopic (exact) mass is 590 g/mol. The Morgan fingerprint density at radius 1 is 0.341 bits per heavy atom. The van der Waals surface area contributed by atoms with E-state index in [9.17, 15) is 0 Å². The van der Waals surface area contributed by atoms with Gasteiger partial charge in [0.1, 0.15) is 0 Å². The Labute approximate surface area is 271 Å². The Hall–Kier alpha value is -4.30. The summed E-state index contributed by atoms with van der Waals surface area (Å²) in [5.74, 6) is 0. The molecule has 0 bridgehead atoms. The molecule has 5 rings (SSSR count). The van der Waals surface area contributed by atoms with E-state index in [1.807, 2.05) is 73.6 Å². The van der Waals surface area contributed by atoms with E-state index in [2.05, 4.69) is 152 Å². The zero-order chi connectivity index (χ0) is 33.2. The SMILES string of the molecule is CC.CC.CC.CC.CCN(c1ccccc1)c1ccccc1.Cc1ccc(N(c2ccccc2)c2ccc(C)cc2)cc1. The first-order valence-electron chi connectivity index (χ1n) is 16.5. The molecule has 44 heavy (non-hydrogen) atoms. The number of rotatable bonds is 6. The molecule has 0 aliphatic carbocycles. The van der Waals surface area contributed by atoms with Gasteiger partial charge in [-0.2, -0.15) is 0 Å². The normalized spacial score (nSPS) is 8.89. The Morgan fingerprint density at radius 3 is 0.864 bits per heavy atom. The van der Waals surface area contributed by atoms with Crippen molar-refractivity contribution < 1.29 is 0 Å². The second kappa shape index (κ2) is 25.2. The predicted octanol–water partition coefficient (Wildman–Crippen LogP) is 13.7. The summed E-state index contributed by atoms with van der Waals surface area (Å²) in [6.07, 6.45) is 0. The molecule has 236 valence electrons. The Balaban J connectivity index is 0.000000708. The lowest BCUT2D eigenvalue weighted by molar-refractivity contribution is 1.02. The van der Waals surface area contributed by atoms with Crippen LogP contribution in [0, 0.1) is 13.8 Å². The molecule has 0 aromatic heterocycles. The maximum atomic E-state index is 2.29. The summed E-state index contributed by atoms with van der Waals surface area (Å²) in [6.45, 7) is 23.4. The van der Waals surface area contributed by atoms with Gasteiger partial charge in [-0.1, -0.05) is 145 Å². The van der Waals surface area contributed by atoms with Crippen LogP contribution < -0.4 is 9.80 Å². The van der Waals surface area contributed by atoms with Gasteiger partial charge >= 0.3 is 0 Å². The van der Waals surface area contributed by atoms with Gasteiger partial charge in [-0.15, -0.1) is 0 Å². The maximum Gasteiger partial charge on any atom is 0.0461 e. The first-order valence-corrected chi connectivity index (χ1v) is 16.5. The highest BCUT2D eigenvalue weighted by molar-refractivity contribution is 5.76. The van der Waals surface area contributed by atoms with Gasteiger partial charge in [0.15, 0.2) is 0 Å². The van der Waals surface area contributed by atoms with E-state index in [0.29, 0.717) is 0 Å². The summed E-state index contributed by atoms with van der Waals surface area (Å²) in [7, 11) is 0. The average molecular weight is 591 g/mol. The van der Waals surface area contributed by atoms with E-state index in [1.54, 1.807) is 0 Å². The van der Waals surface area contributed by atoms with Crippen molar-refractivity contribution in [3.8, 4) is 0 Å². The van der Waals surface area contributed by atoms with Crippen molar-refractivity contribution in [2.45, 2.75) is 76.2 Å². The van der Waals surface area contributed by atoms with Gasteiger partial charge < -0.3 is 9.80 Å². The largest absolute Gasteiger partial charge is 0.342 e. The first-order chi connectivity index (χ1) is 21.7. The lowest BCUT2D eigenvalue weighted by Crippen LogP contribution is -2.15. The third-order valence-corrected chi connectivity index (χ3v) is 6.05. The molecule has 0 atom stereocenters.